The van der Waals surface area contributed by atoms with Crippen molar-refractivity contribution in [1.29, 1.82) is 0 Å². The summed E-state index contributed by atoms with van der Waals surface area (Å²) in [6.07, 6.45) is 5.03. The van der Waals surface area contributed by atoms with Crippen LogP contribution in [0, 0.1) is 6.04 Å². The third kappa shape index (κ3) is 0.864. The zero-order valence-corrected chi connectivity index (χ0v) is 5.56. The lowest BCUT2D eigenvalue weighted by Gasteiger charge is -2.25. The van der Waals surface area contributed by atoms with E-state index in [2.05, 4.69) is 5.32 Å². The SMILES string of the molecule is NC1CCC2CC[C]1N2. The first-order valence-electron chi connectivity index (χ1n) is 3.74. The molecule has 1 radical (unpaired) electrons. The van der Waals surface area contributed by atoms with E-state index in [1.165, 1.54) is 31.7 Å². The Hall–Kier alpha value is -0.0800. The van der Waals surface area contributed by atoms with Crippen LogP contribution < -0.4 is 11.1 Å². The maximum atomic E-state index is 5.82. The highest BCUT2D eigenvalue weighted by molar-refractivity contribution is 5.08. The molecule has 2 bridgehead atoms. The van der Waals surface area contributed by atoms with E-state index in [0.717, 1.165) is 6.04 Å². The molecule has 2 aliphatic rings. The first kappa shape index (κ1) is 5.69. The summed E-state index contributed by atoms with van der Waals surface area (Å²) < 4.78 is 0. The van der Waals surface area contributed by atoms with Gasteiger partial charge in [-0.2, -0.15) is 0 Å². The quantitative estimate of drug-likeness (QED) is 0.491. The Morgan fingerprint density at radius 1 is 1.33 bits per heavy atom. The number of piperidine rings is 1. The van der Waals surface area contributed by atoms with E-state index >= 15 is 0 Å². The molecule has 2 nitrogen and oxygen atoms in total. The molecule has 0 aromatic rings. The summed E-state index contributed by atoms with van der Waals surface area (Å²) in [5.74, 6) is 0. The number of hydrogen-bond acceptors (Lipinski definition) is 2. The average molecular weight is 125 g/mol. The highest BCUT2D eigenvalue weighted by Crippen LogP contribution is 2.30. The molecule has 9 heavy (non-hydrogen) atoms. The Morgan fingerprint density at radius 3 is 3.00 bits per heavy atom. The third-order valence-corrected chi connectivity index (χ3v) is 2.43. The van der Waals surface area contributed by atoms with E-state index in [1.807, 2.05) is 0 Å². The van der Waals surface area contributed by atoms with E-state index in [1.54, 1.807) is 0 Å². The highest BCUT2D eigenvalue weighted by Gasteiger charge is 2.33. The first-order chi connectivity index (χ1) is 4.36. The summed E-state index contributed by atoms with van der Waals surface area (Å²) in [5.41, 5.74) is 5.82. The van der Waals surface area contributed by atoms with Gasteiger partial charge in [0.1, 0.15) is 0 Å². The van der Waals surface area contributed by atoms with Crippen LogP contribution >= 0.6 is 0 Å². The lowest BCUT2D eigenvalue weighted by molar-refractivity contribution is 0.428. The van der Waals surface area contributed by atoms with Crippen LogP contribution in [0.15, 0.2) is 0 Å². The number of fused-ring (bicyclic) bond motifs is 2. The zero-order chi connectivity index (χ0) is 6.27. The molecular weight excluding hydrogens is 112 g/mol. The fourth-order valence-corrected chi connectivity index (χ4v) is 1.80. The lowest BCUT2D eigenvalue weighted by atomic mass is 10.0. The molecule has 3 N–H and O–H groups in total. The van der Waals surface area contributed by atoms with Crippen molar-refractivity contribution >= 4 is 0 Å². The smallest absolute Gasteiger partial charge is 0.0535 e. The van der Waals surface area contributed by atoms with Gasteiger partial charge in [0.2, 0.25) is 0 Å². The molecule has 2 fully saturated rings. The fourth-order valence-electron chi connectivity index (χ4n) is 1.80. The zero-order valence-electron chi connectivity index (χ0n) is 5.56. The molecule has 2 unspecified atom stereocenters. The molecule has 0 aromatic heterocycles. The van der Waals surface area contributed by atoms with Crippen molar-refractivity contribution in [3.05, 3.63) is 6.04 Å². The Labute approximate surface area is 55.8 Å². The van der Waals surface area contributed by atoms with Crippen molar-refractivity contribution in [2.24, 2.45) is 5.73 Å². The average Bonchev–Trinajstić information content (AvgIpc) is 2.25. The van der Waals surface area contributed by atoms with Crippen molar-refractivity contribution in [2.45, 2.75) is 37.8 Å². The van der Waals surface area contributed by atoms with E-state index in [4.69, 9.17) is 5.73 Å². The Balaban J connectivity index is 2.05. The van der Waals surface area contributed by atoms with Gasteiger partial charge in [0.15, 0.2) is 0 Å². The molecule has 0 aromatic carbocycles. The van der Waals surface area contributed by atoms with Crippen LogP contribution in [0.5, 0.6) is 0 Å². The van der Waals surface area contributed by atoms with Crippen LogP contribution in [0.25, 0.3) is 0 Å². The predicted octanol–water partition coefficient (Wildman–Crippen LogP) is 0.391. The first-order valence-corrected chi connectivity index (χ1v) is 3.74. The second-order valence-electron chi connectivity index (χ2n) is 3.09. The summed E-state index contributed by atoms with van der Waals surface area (Å²) in [4.78, 5) is 0. The van der Waals surface area contributed by atoms with Crippen LogP contribution in [0.3, 0.4) is 0 Å². The largest absolute Gasteiger partial charge is 0.326 e. The molecule has 0 saturated carbocycles. The van der Waals surface area contributed by atoms with Crippen LogP contribution in [-0.4, -0.2) is 12.1 Å². The molecule has 0 amide bonds. The summed E-state index contributed by atoms with van der Waals surface area (Å²) >= 11 is 0. The number of nitrogens with two attached hydrogens (primary N) is 1. The van der Waals surface area contributed by atoms with Gasteiger partial charge in [-0.15, -0.1) is 0 Å². The summed E-state index contributed by atoms with van der Waals surface area (Å²) in [7, 11) is 0. The van der Waals surface area contributed by atoms with Gasteiger partial charge in [0.25, 0.3) is 0 Å². The highest BCUT2D eigenvalue weighted by atomic mass is 15.0. The monoisotopic (exact) mass is 125 g/mol. The molecule has 0 aliphatic carbocycles. The van der Waals surface area contributed by atoms with Gasteiger partial charge in [0.05, 0.1) is 6.04 Å². The molecule has 2 saturated heterocycles. The van der Waals surface area contributed by atoms with Crippen LogP contribution in [0.1, 0.15) is 25.7 Å². The van der Waals surface area contributed by atoms with E-state index in [9.17, 15) is 0 Å². The van der Waals surface area contributed by atoms with E-state index < -0.39 is 0 Å². The lowest BCUT2D eigenvalue weighted by Crippen LogP contribution is -2.42. The molecule has 0 spiro atoms. The van der Waals surface area contributed by atoms with E-state index in [0.29, 0.717) is 6.04 Å². The topological polar surface area (TPSA) is 38.0 Å². The second kappa shape index (κ2) is 1.96. The van der Waals surface area contributed by atoms with Crippen molar-refractivity contribution in [3.63, 3.8) is 0 Å². The normalized spacial score (nSPS) is 43.7. The number of hydrogen-bond donors (Lipinski definition) is 2. The van der Waals surface area contributed by atoms with Crippen molar-refractivity contribution in [3.8, 4) is 0 Å². The summed E-state index contributed by atoms with van der Waals surface area (Å²) in [6, 6.07) is 2.55. The van der Waals surface area contributed by atoms with Crippen LogP contribution in [0.2, 0.25) is 0 Å². The van der Waals surface area contributed by atoms with Gasteiger partial charge in [0, 0.05) is 12.1 Å². The summed E-state index contributed by atoms with van der Waals surface area (Å²) in [5, 5.41) is 3.43. The molecule has 2 aliphatic heterocycles. The molecule has 2 atom stereocenters. The van der Waals surface area contributed by atoms with Gasteiger partial charge in [-0.3, -0.25) is 0 Å². The van der Waals surface area contributed by atoms with Crippen molar-refractivity contribution in [1.82, 2.24) is 5.32 Å². The molecule has 2 heteroatoms. The Morgan fingerprint density at radius 2 is 2.22 bits per heavy atom. The Kier molecular flexibility index (Phi) is 1.24. The number of rotatable bonds is 0. The van der Waals surface area contributed by atoms with Crippen molar-refractivity contribution in [2.75, 3.05) is 0 Å². The van der Waals surface area contributed by atoms with Crippen LogP contribution in [0.4, 0.5) is 0 Å². The van der Waals surface area contributed by atoms with Gasteiger partial charge in [-0.25, -0.2) is 0 Å². The molecule has 2 heterocycles. The second-order valence-corrected chi connectivity index (χ2v) is 3.09. The van der Waals surface area contributed by atoms with Gasteiger partial charge in [-0.1, -0.05) is 0 Å². The minimum absolute atomic E-state index is 0.365. The molecule has 51 valence electrons. The van der Waals surface area contributed by atoms with Crippen molar-refractivity contribution < 1.29 is 0 Å². The van der Waals surface area contributed by atoms with Gasteiger partial charge < -0.3 is 11.1 Å². The standard InChI is InChI=1S/C7H13N2/c8-6-3-1-5-2-4-7(6)9-5/h5-6,9H,1-4,8H2. The number of nitrogens with one attached hydrogen (secondary N) is 1. The molecule has 2 rings (SSSR count). The van der Waals surface area contributed by atoms with Gasteiger partial charge in [-0.05, 0) is 25.7 Å². The predicted molar refractivity (Wildman–Crippen MR) is 36.6 cm³/mol. The summed E-state index contributed by atoms with van der Waals surface area (Å²) in [6.45, 7) is 0. The minimum atomic E-state index is 0.365. The fraction of sp³-hybridized carbons (Fsp3) is 0.857. The maximum absolute atomic E-state index is 5.82. The maximum Gasteiger partial charge on any atom is 0.0535 e. The minimum Gasteiger partial charge on any atom is -0.326 e. The third-order valence-electron chi connectivity index (χ3n) is 2.43. The molecular formula is C7H13N2. The van der Waals surface area contributed by atoms with Gasteiger partial charge >= 0.3 is 0 Å². The van der Waals surface area contributed by atoms with E-state index in [-0.39, 0.29) is 0 Å². The Bertz CT molecular complexity index is 113. The van der Waals surface area contributed by atoms with Crippen LogP contribution in [-0.2, 0) is 0 Å².